The summed E-state index contributed by atoms with van der Waals surface area (Å²) in [5.74, 6) is 0.418. The van der Waals surface area contributed by atoms with Crippen LogP contribution in [-0.2, 0) is 11.2 Å². The van der Waals surface area contributed by atoms with Crippen LogP contribution in [-0.4, -0.2) is 12.5 Å². The Bertz CT molecular complexity index is 412. The topological polar surface area (TPSA) is 55.1 Å². The van der Waals surface area contributed by atoms with Crippen molar-refractivity contribution in [3.05, 3.63) is 35.4 Å². The highest BCUT2D eigenvalue weighted by Gasteiger charge is 2.21. The molecule has 0 fully saturated rings. The van der Waals surface area contributed by atoms with Crippen molar-refractivity contribution in [1.82, 2.24) is 5.32 Å². The van der Waals surface area contributed by atoms with Crippen LogP contribution < -0.4 is 11.1 Å². The number of hydrogen-bond donors (Lipinski definition) is 2. The minimum Gasteiger partial charge on any atom is -0.349 e. The lowest BCUT2D eigenvalue weighted by atomic mass is 9.94. The van der Waals surface area contributed by atoms with Gasteiger partial charge in [-0.25, -0.2) is 0 Å². The molecule has 2 atom stereocenters. The van der Waals surface area contributed by atoms with Crippen LogP contribution in [0.3, 0.4) is 0 Å². The number of nitrogens with one attached hydrogen (secondary N) is 1. The average molecular weight is 276 g/mol. The normalized spacial score (nSPS) is 14.1. The summed E-state index contributed by atoms with van der Waals surface area (Å²) < 4.78 is 0. The number of rotatable bonds is 7. The van der Waals surface area contributed by atoms with Crippen molar-refractivity contribution in [2.75, 3.05) is 6.54 Å². The summed E-state index contributed by atoms with van der Waals surface area (Å²) in [6.07, 6.45) is 1.76. The van der Waals surface area contributed by atoms with Gasteiger partial charge in [-0.05, 0) is 36.4 Å². The van der Waals surface area contributed by atoms with E-state index in [1.165, 1.54) is 11.1 Å². The first-order valence-electron chi connectivity index (χ1n) is 7.58. The van der Waals surface area contributed by atoms with Gasteiger partial charge < -0.3 is 11.1 Å². The predicted octanol–water partition coefficient (Wildman–Crippen LogP) is 3.05. The lowest BCUT2D eigenvalue weighted by Gasteiger charge is -2.25. The van der Waals surface area contributed by atoms with Crippen molar-refractivity contribution in [3.63, 3.8) is 0 Å². The third-order valence-corrected chi connectivity index (χ3v) is 3.76. The maximum absolute atomic E-state index is 12.2. The monoisotopic (exact) mass is 276 g/mol. The van der Waals surface area contributed by atoms with Gasteiger partial charge in [-0.15, -0.1) is 0 Å². The van der Waals surface area contributed by atoms with Gasteiger partial charge in [0.15, 0.2) is 0 Å². The minimum absolute atomic E-state index is 0.0313. The van der Waals surface area contributed by atoms with E-state index in [0.29, 0.717) is 12.5 Å². The summed E-state index contributed by atoms with van der Waals surface area (Å²) in [7, 11) is 0. The highest BCUT2D eigenvalue weighted by Crippen LogP contribution is 2.23. The summed E-state index contributed by atoms with van der Waals surface area (Å²) in [4.78, 5) is 12.2. The third kappa shape index (κ3) is 4.64. The van der Waals surface area contributed by atoms with Crippen LogP contribution in [0.2, 0.25) is 0 Å². The van der Waals surface area contributed by atoms with Gasteiger partial charge in [-0.3, -0.25) is 4.79 Å². The first-order valence-corrected chi connectivity index (χ1v) is 7.58. The number of aryl methyl sites for hydroxylation is 1. The van der Waals surface area contributed by atoms with Gasteiger partial charge >= 0.3 is 0 Å². The molecule has 0 aliphatic rings. The fourth-order valence-corrected chi connectivity index (χ4v) is 2.27. The molecule has 0 aromatic heterocycles. The first-order chi connectivity index (χ1) is 9.49. The summed E-state index contributed by atoms with van der Waals surface area (Å²) in [6, 6.07) is 8.59. The Morgan fingerprint density at radius 1 is 1.20 bits per heavy atom. The van der Waals surface area contributed by atoms with Gasteiger partial charge in [0, 0.05) is 5.92 Å². The van der Waals surface area contributed by atoms with Crippen LogP contribution in [0, 0.1) is 11.8 Å². The fourth-order valence-electron chi connectivity index (χ4n) is 2.27. The molecule has 1 rings (SSSR count). The lowest BCUT2D eigenvalue weighted by molar-refractivity contribution is -0.125. The van der Waals surface area contributed by atoms with E-state index in [9.17, 15) is 4.79 Å². The van der Waals surface area contributed by atoms with Crippen molar-refractivity contribution in [2.45, 2.75) is 46.6 Å². The predicted molar refractivity (Wildman–Crippen MR) is 84.4 cm³/mol. The molecule has 0 aliphatic heterocycles. The van der Waals surface area contributed by atoms with Crippen molar-refractivity contribution >= 4 is 5.91 Å². The minimum atomic E-state index is -0.0313. The smallest absolute Gasteiger partial charge is 0.223 e. The van der Waals surface area contributed by atoms with E-state index in [0.717, 1.165) is 12.8 Å². The molecule has 0 saturated carbocycles. The Morgan fingerprint density at radius 2 is 1.80 bits per heavy atom. The molecule has 0 spiro atoms. The highest BCUT2D eigenvalue weighted by atomic mass is 16.1. The Kier molecular flexibility index (Phi) is 6.73. The molecule has 1 aromatic carbocycles. The summed E-state index contributed by atoms with van der Waals surface area (Å²) >= 11 is 0. The van der Waals surface area contributed by atoms with Gasteiger partial charge in [0.2, 0.25) is 5.91 Å². The van der Waals surface area contributed by atoms with Crippen molar-refractivity contribution in [3.8, 4) is 0 Å². The van der Waals surface area contributed by atoms with E-state index in [4.69, 9.17) is 5.73 Å². The van der Waals surface area contributed by atoms with E-state index < -0.39 is 0 Å². The zero-order valence-corrected chi connectivity index (χ0v) is 13.1. The SMILES string of the molecule is CCc1ccc(C(NC(=O)C(C)CCN)C(C)C)cc1. The molecule has 0 saturated heterocycles. The standard InChI is InChI=1S/C17H28N2O/c1-5-14-6-8-15(9-7-14)16(12(2)3)19-17(20)13(4)10-11-18/h6-9,12-13,16H,5,10-11,18H2,1-4H3,(H,19,20). The Labute approximate surface area is 122 Å². The summed E-state index contributed by atoms with van der Waals surface area (Å²) in [5.41, 5.74) is 8.01. The van der Waals surface area contributed by atoms with Crippen molar-refractivity contribution < 1.29 is 4.79 Å². The molecule has 1 amide bonds. The van der Waals surface area contributed by atoms with Gasteiger partial charge in [0.1, 0.15) is 0 Å². The largest absolute Gasteiger partial charge is 0.349 e. The number of amides is 1. The molecule has 3 heteroatoms. The molecule has 0 radical (unpaired) electrons. The van der Waals surface area contributed by atoms with Crippen molar-refractivity contribution in [1.29, 1.82) is 0 Å². The number of carbonyl (C=O) groups is 1. The molecule has 0 heterocycles. The lowest BCUT2D eigenvalue weighted by Crippen LogP contribution is -2.36. The number of hydrogen-bond acceptors (Lipinski definition) is 2. The molecule has 0 aliphatic carbocycles. The second kappa shape index (κ2) is 8.05. The highest BCUT2D eigenvalue weighted by molar-refractivity contribution is 5.78. The molecule has 3 N–H and O–H groups in total. The summed E-state index contributed by atoms with van der Waals surface area (Å²) in [6.45, 7) is 8.88. The number of nitrogens with two attached hydrogens (primary N) is 1. The molecule has 2 unspecified atom stereocenters. The van der Waals surface area contributed by atoms with Crippen LogP contribution in [0.15, 0.2) is 24.3 Å². The third-order valence-electron chi connectivity index (χ3n) is 3.76. The molecular formula is C17H28N2O. The van der Waals surface area contributed by atoms with E-state index in [1.54, 1.807) is 0 Å². The Balaban J connectivity index is 2.80. The van der Waals surface area contributed by atoms with E-state index >= 15 is 0 Å². The first kappa shape index (κ1) is 16.7. The second-order valence-electron chi connectivity index (χ2n) is 5.80. The number of carbonyl (C=O) groups excluding carboxylic acids is 1. The van der Waals surface area contributed by atoms with Crippen LogP contribution in [0.5, 0.6) is 0 Å². The van der Waals surface area contributed by atoms with Crippen LogP contribution in [0.25, 0.3) is 0 Å². The Morgan fingerprint density at radius 3 is 2.25 bits per heavy atom. The van der Waals surface area contributed by atoms with Crippen LogP contribution >= 0.6 is 0 Å². The van der Waals surface area contributed by atoms with Crippen LogP contribution in [0.4, 0.5) is 0 Å². The van der Waals surface area contributed by atoms with Gasteiger partial charge in [0.25, 0.3) is 0 Å². The molecule has 1 aromatic rings. The molecule has 3 nitrogen and oxygen atoms in total. The zero-order chi connectivity index (χ0) is 15.1. The van der Waals surface area contributed by atoms with E-state index in [1.807, 2.05) is 6.92 Å². The van der Waals surface area contributed by atoms with E-state index in [-0.39, 0.29) is 17.9 Å². The maximum Gasteiger partial charge on any atom is 0.223 e. The van der Waals surface area contributed by atoms with Crippen LogP contribution in [0.1, 0.15) is 51.3 Å². The average Bonchev–Trinajstić information content (AvgIpc) is 2.44. The van der Waals surface area contributed by atoms with Gasteiger partial charge in [-0.1, -0.05) is 52.0 Å². The molecular weight excluding hydrogens is 248 g/mol. The second-order valence-corrected chi connectivity index (χ2v) is 5.80. The number of benzene rings is 1. The molecule has 20 heavy (non-hydrogen) atoms. The fraction of sp³-hybridized carbons (Fsp3) is 0.588. The zero-order valence-electron chi connectivity index (χ0n) is 13.1. The molecule has 112 valence electrons. The Hall–Kier alpha value is -1.35. The van der Waals surface area contributed by atoms with Gasteiger partial charge in [0.05, 0.1) is 6.04 Å². The summed E-state index contributed by atoms with van der Waals surface area (Å²) in [5, 5.41) is 3.16. The quantitative estimate of drug-likeness (QED) is 0.804. The van der Waals surface area contributed by atoms with Crippen molar-refractivity contribution in [2.24, 2.45) is 17.6 Å². The maximum atomic E-state index is 12.2. The van der Waals surface area contributed by atoms with Gasteiger partial charge in [-0.2, -0.15) is 0 Å². The molecule has 0 bridgehead atoms. The van der Waals surface area contributed by atoms with E-state index in [2.05, 4.69) is 50.4 Å².